The Labute approximate surface area is 206 Å². The molecular formula is C25H26N4O5S. The minimum atomic E-state index is -0.392. The summed E-state index contributed by atoms with van der Waals surface area (Å²) in [7, 11) is 4.76. The zero-order valence-corrected chi connectivity index (χ0v) is 20.8. The summed E-state index contributed by atoms with van der Waals surface area (Å²) in [6, 6.07) is 13.0. The quantitative estimate of drug-likeness (QED) is 0.381. The van der Waals surface area contributed by atoms with Crippen LogP contribution in [0.25, 0.3) is 21.5 Å². The lowest BCUT2D eigenvalue weighted by molar-refractivity contribution is -0.121. The van der Waals surface area contributed by atoms with Crippen LogP contribution in [0.5, 0.6) is 17.2 Å². The number of carbonyl (C=O) groups excluding carboxylic acids is 1. The summed E-state index contributed by atoms with van der Waals surface area (Å²) in [6.07, 6.45) is 0.593. The van der Waals surface area contributed by atoms with Gasteiger partial charge in [-0.3, -0.25) is 9.59 Å². The number of thiazole rings is 1. The van der Waals surface area contributed by atoms with Gasteiger partial charge < -0.3 is 19.5 Å². The summed E-state index contributed by atoms with van der Waals surface area (Å²) in [4.78, 5) is 30.1. The molecular weight excluding hydrogens is 468 g/mol. The largest absolute Gasteiger partial charge is 0.497 e. The first kappa shape index (κ1) is 24.2. The van der Waals surface area contributed by atoms with Crippen LogP contribution >= 0.6 is 11.3 Å². The van der Waals surface area contributed by atoms with Crippen LogP contribution in [0.2, 0.25) is 0 Å². The second-order valence-corrected chi connectivity index (χ2v) is 8.94. The highest BCUT2D eigenvalue weighted by molar-refractivity contribution is 7.19. The number of rotatable bonds is 9. The number of hydrogen-bond donors (Lipinski definition) is 1. The Morgan fingerprint density at radius 3 is 2.46 bits per heavy atom. The Morgan fingerprint density at radius 1 is 1.03 bits per heavy atom. The normalized spacial score (nSPS) is 10.9. The number of amides is 1. The zero-order valence-electron chi connectivity index (χ0n) is 20.0. The van der Waals surface area contributed by atoms with Crippen molar-refractivity contribution in [3.63, 3.8) is 0 Å². The molecule has 2 heterocycles. The molecule has 9 nitrogen and oxygen atoms in total. The fraction of sp³-hybridized carbons (Fsp3) is 0.280. The molecule has 0 saturated heterocycles. The number of ether oxygens (including phenoxy) is 3. The maximum atomic E-state index is 13.0. The van der Waals surface area contributed by atoms with Gasteiger partial charge in [-0.05, 0) is 55.3 Å². The monoisotopic (exact) mass is 494 g/mol. The molecule has 0 saturated carbocycles. The molecule has 0 radical (unpaired) electrons. The SMILES string of the molecule is COc1ccc(-c2nn(CC(=O)NCCc3ccc(OC)c(OC)c3)c(=O)c3nc(C)sc23)cc1. The molecule has 0 spiro atoms. The van der Waals surface area contributed by atoms with Crippen molar-refractivity contribution in [2.45, 2.75) is 19.9 Å². The summed E-state index contributed by atoms with van der Waals surface area (Å²) in [5.74, 6) is 1.68. The van der Waals surface area contributed by atoms with E-state index in [-0.39, 0.29) is 12.5 Å². The van der Waals surface area contributed by atoms with Crippen molar-refractivity contribution in [3.05, 3.63) is 63.4 Å². The van der Waals surface area contributed by atoms with Gasteiger partial charge in [0.1, 0.15) is 18.0 Å². The van der Waals surface area contributed by atoms with Crippen LogP contribution in [0.3, 0.4) is 0 Å². The van der Waals surface area contributed by atoms with Gasteiger partial charge in [0.05, 0.1) is 31.0 Å². The van der Waals surface area contributed by atoms with Crippen molar-refractivity contribution in [1.29, 1.82) is 0 Å². The predicted molar refractivity (Wildman–Crippen MR) is 135 cm³/mol. The molecule has 0 aliphatic carbocycles. The third-order valence-electron chi connectivity index (χ3n) is 5.45. The van der Waals surface area contributed by atoms with Gasteiger partial charge in [0, 0.05) is 12.1 Å². The van der Waals surface area contributed by atoms with E-state index in [1.165, 1.54) is 16.0 Å². The summed E-state index contributed by atoms with van der Waals surface area (Å²) in [5, 5.41) is 8.14. The minimum absolute atomic E-state index is 0.208. The number of carbonyl (C=O) groups is 1. The molecule has 1 amide bonds. The number of nitrogens with zero attached hydrogens (tertiary/aromatic N) is 3. The van der Waals surface area contributed by atoms with Crippen molar-refractivity contribution in [2.24, 2.45) is 0 Å². The topological polar surface area (TPSA) is 105 Å². The first-order valence-electron chi connectivity index (χ1n) is 10.9. The molecule has 0 aliphatic rings. The summed E-state index contributed by atoms with van der Waals surface area (Å²) in [5.41, 5.74) is 2.32. The molecule has 10 heteroatoms. The number of fused-ring (bicyclic) bond motifs is 1. The fourth-order valence-corrected chi connectivity index (χ4v) is 4.60. The number of aromatic nitrogens is 3. The molecule has 0 unspecified atom stereocenters. The van der Waals surface area contributed by atoms with Gasteiger partial charge in [-0.25, -0.2) is 9.67 Å². The van der Waals surface area contributed by atoms with Gasteiger partial charge in [-0.1, -0.05) is 6.07 Å². The Kier molecular flexibility index (Phi) is 7.31. The van der Waals surface area contributed by atoms with Gasteiger partial charge in [0.25, 0.3) is 5.56 Å². The average molecular weight is 495 g/mol. The molecule has 4 rings (SSSR count). The first-order chi connectivity index (χ1) is 16.9. The van der Waals surface area contributed by atoms with Crippen LogP contribution in [0, 0.1) is 6.92 Å². The van der Waals surface area contributed by atoms with Gasteiger partial charge in [-0.2, -0.15) is 5.10 Å². The highest BCUT2D eigenvalue weighted by Gasteiger charge is 2.18. The van der Waals surface area contributed by atoms with Gasteiger partial charge in [0.15, 0.2) is 17.0 Å². The molecule has 4 aromatic rings. The average Bonchev–Trinajstić information content (AvgIpc) is 3.27. The van der Waals surface area contributed by atoms with E-state index < -0.39 is 5.56 Å². The number of hydrogen-bond acceptors (Lipinski definition) is 8. The van der Waals surface area contributed by atoms with E-state index in [0.717, 1.165) is 16.1 Å². The maximum Gasteiger partial charge on any atom is 0.294 e. The Bertz CT molecular complexity index is 1410. The van der Waals surface area contributed by atoms with Crippen LogP contribution in [0.4, 0.5) is 0 Å². The maximum absolute atomic E-state index is 13.0. The predicted octanol–water partition coefficient (Wildman–Crippen LogP) is 3.21. The lowest BCUT2D eigenvalue weighted by atomic mass is 10.1. The van der Waals surface area contributed by atoms with Crippen LogP contribution in [-0.4, -0.2) is 48.5 Å². The van der Waals surface area contributed by atoms with Gasteiger partial charge in [-0.15, -0.1) is 11.3 Å². The highest BCUT2D eigenvalue weighted by atomic mass is 32.1. The Morgan fingerprint density at radius 2 is 1.77 bits per heavy atom. The third-order valence-corrected chi connectivity index (χ3v) is 6.43. The van der Waals surface area contributed by atoms with Crippen molar-refractivity contribution in [2.75, 3.05) is 27.9 Å². The van der Waals surface area contributed by atoms with Crippen LogP contribution < -0.4 is 25.1 Å². The molecule has 0 fully saturated rings. The first-order valence-corrected chi connectivity index (χ1v) is 11.8. The molecule has 182 valence electrons. The standard InChI is InChI=1S/C25H26N4O5S/c1-15-27-23-24(35-15)22(17-6-8-18(32-2)9-7-17)28-29(25(23)31)14-21(30)26-12-11-16-5-10-19(33-3)20(13-16)34-4/h5-10,13H,11-12,14H2,1-4H3,(H,26,30). The molecule has 2 aromatic carbocycles. The van der Waals surface area contributed by atoms with Crippen LogP contribution in [0.1, 0.15) is 10.6 Å². The van der Waals surface area contributed by atoms with E-state index in [2.05, 4.69) is 15.4 Å². The number of methoxy groups -OCH3 is 3. The molecule has 0 atom stereocenters. The van der Waals surface area contributed by atoms with Crippen LogP contribution in [0.15, 0.2) is 47.3 Å². The fourth-order valence-electron chi connectivity index (χ4n) is 3.69. The summed E-state index contributed by atoms with van der Waals surface area (Å²) < 4.78 is 17.7. The minimum Gasteiger partial charge on any atom is -0.497 e. The van der Waals surface area contributed by atoms with E-state index in [1.54, 1.807) is 21.3 Å². The van der Waals surface area contributed by atoms with Gasteiger partial charge in [0.2, 0.25) is 5.91 Å². The van der Waals surface area contributed by atoms with E-state index in [1.807, 2.05) is 49.4 Å². The smallest absolute Gasteiger partial charge is 0.294 e. The molecule has 0 bridgehead atoms. The third kappa shape index (κ3) is 5.27. The highest BCUT2D eigenvalue weighted by Crippen LogP contribution is 2.30. The van der Waals surface area contributed by atoms with E-state index in [9.17, 15) is 9.59 Å². The Balaban J connectivity index is 1.52. The van der Waals surface area contributed by atoms with E-state index >= 15 is 0 Å². The molecule has 35 heavy (non-hydrogen) atoms. The lowest BCUT2D eigenvalue weighted by Crippen LogP contribution is -2.35. The Hall–Kier alpha value is -3.92. The van der Waals surface area contributed by atoms with Crippen molar-refractivity contribution < 1.29 is 19.0 Å². The van der Waals surface area contributed by atoms with E-state index in [4.69, 9.17) is 14.2 Å². The van der Waals surface area contributed by atoms with Crippen LogP contribution in [-0.2, 0) is 17.8 Å². The summed E-state index contributed by atoms with van der Waals surface area (Å²) >= 11 is 1.40. The number of benzene rings is 2. The van der Waals surface area contributed by atoms with Crippen molar-refractivity contribution in [1.82, 2.24) is 20.1 Å². The number of aryl methyl sites for hydroxylation is 1. The summed E-state index contributed by atoms with van der Waals surface area (Å²) in [6.45, 7) is 2.03. The van der Waals surface area contributed by atoms with E-state index in [0.29, 0.717) is 46.1 Å². The molecule has 2 aromatic heterocycles. The lowest BCUT2D eigenvalue weighted by Gasteiger charge is -2.11. The molecule has 0 aliphatic heterocycles. The zero-order chi connectivity index (χ0) is 24.9. The van der Waals surface area contributed by atoms with Gasteiger partial charge >= 0.3 is 0 Å². The second-order valence-electron chi connectivity index (χ2n) is 7.74. The second kappa shape index (κ2) is 10.6. The van der Waals surface area contributed by atoms with Crippen molar-refractivity contribution in [3.8, 4) is 28.5 Å². The molecule has 1 N–H and O–H groups in total. The van der Waals surface area contributed by atoms with Crippen molar-refractivity contribution >= 4 is 27.5 Å². The number of nitrogens with one attached hydrogen (secondary N) is 1.